The Balaban J connectivity index is 2.30. The van der Waals surface area contributed by atoms with Crippen molar-refractivity contribution in [3.63, 3.8) is 0 Å². The molecule has 0 atom stereocenters. The van der Waals surface area contributed by atoms with Gasteiger partial charge in [0.25, 0.3) is 0 Å². The molecule has 1 aromatic heterocycles. The molecule has 0 spiro atoms. The van der Waals surface area contributed by atoms with Gasteiger partial charge in [0.1, 0.15) is 0 Å². The van der Waals surface area contributed by atoms with Crippen LogP contribution < -0.4 is 0 Å². The van der Waals surface area contributed by atoms with Crippen molar-refractivity contribution in [2.24, 2.45) is 0 Å². The summed E-state index contributed by atoms with van der Waals surface area (Å²) < 4.78 is 2.83. The van der Waals surface area contributed by atoms with Crippen molar-refractivity contribution in [3.8, 4) is 0 Å². The van der Waals surface area contributed by atoms with Gasteiger partial charge in [-0.05, 0) is 60.8 Å². The lowest BCUT2D eigenvalue weighted by atomic mass is 10.0. The molecule has 0 aliphatic carbocycles. The summed E-state index contributed by atoms with van der Waals surface area (Å²) in [5.74, 6) is 0.128. The summed E-state index contributed by atoms with van der Waals surface area (Å²) in [4.78, 5) is 12.4. The van der Waals surface area contributed by atoms with Gasteiger partial charge in [0.05, 0.1) is 22.3 Å². The van der Waals surface area contributed by atoms with E-state index in [9.17, 15) is 4.79 Å². The van der Waals surface area contributed by atoms with E-state index in [0.29, 0.717) is 6.42 Å². The fourth-order valence-electron chi connectivity index (χ4n) is 2.21. The molecule has 2 rings (SSSR count). The van der Waals surface area contributed by atoms with Crippen molar-refractivity contribution in [2.75, 3.05) is 0 Å². The highest BCUT2D eigenvalue weighted by Crippen LogP contribution is 2.23. The fourth-order valence-corrected chi connectivity index (χ4v) is 2.63. The van der Waals surface area contributed by atoms with Gasteiger partial charge in [0, 0.05) is 12.1 Å². The van der Waals surface area contributed by atoms with Crippen LogP contribution in [0.1, 0.15) is 39.8 Å². The first kappa shape index (κ1) is 15.0. The molecule has 0 fully saturated rings. The van der Waals surface area contributed by atoms with Crippen LogP contribution in [0.2, 0.25) is 0 Å². The van der Waals surface area contributed by atoms with E-state index in [1.54, 1.807) is 0 Å². The first-order valence-electron chi connectivity index (χ1n) is 6.76. The minimum absolute atomic E-state index is 0.128. The topological polar surface area (TPSA) is 34.9 Å². The minimum Gasteiger partial charge on any atom is -0.294 e. The summed E-state index contributed by atoms with van der Waals surface area (Å²) in [7, 11) is 0. The smallest absolute Gasteiger partial charge is 0.168 e. The van der Waals surface area contributed by atoms with Gasteiger partial charge >= 0.3 is 0 Å². The normalized spacial score (nSPS) is 10.8. The molecule has 20 heavy (non-hydrogen) atoms. The number of halogens is 1. The van der Waals surface area contributed by atoms with Crippen LogP contribution in [0.25, 0.3) is 0 Å². The average Bonchev–Trinajstić information content (AvgIpc) is 2.69. The summed E-state index contributed by atoms with van der Waals surface area (Å²) >= 11 is 3.53. The first-order chi connectivity index (χ1) is 9.43. The van der Waals surface area contributed by atoms with E-state index < -0.39 is 0 Å². The van der Waals surface area contributed by atoms with E-state index in [2.05, 4.69) is 28.0 Å². The Hall–Kier alpha value is -1.42. The molecule has 0 radical (unpaired) electrons. The molecule has 1 aromatic carbocycles. The Kier molecular flexibility index (Phi) is 4.43. The quantitative estimate of drug-likeness (QED) is 0.791. The number of aromatic nitrogens is 2. The molecule has 0 aliphatic heterocycles. The lowest BCUT2D eigenvalue weighted by molar-refractivity contribution is 0.0990. The van der Waals surface area contributed by atoms with Crippen LogP contribution in [0.4, 0.5) is 0 Å². The number of benzene rings is 1. The summed E-state index contributed by atoms with van der Waals surface area (Å²) in [6.07, 6.45) is 0.373. The number of ketones is 1. The van der Waals surface area contributed by atoms with Gasteiger partial charge in [-0.15, -0.1) is 0 Å². The van der Waals surface area contributed by atoms with Crippen LogP contribution in [0, 0.1) is 20.8 Å². The van der Waals surface area contributed by atoms with Gasteiger partial charge in [-0.3, -0.25) is 9.48 Å². The third-order valence-electron chi connectivity index (χ3n) is 3.61. The lowest BCUT2D eigenvalue weighted by Crippen LogP contribution is -2.10. The van der Waals surface area contributed by atoms with Crippen molar-refractivity contribution in [2.45, 2.75) is 40.7 Å². The molecule has 0 aliphatic rings. The van der Waals surface area contributed by atoms with Gasteiger partial charge < -0.3 is 0 Å². The van der Waals surface area contributed by atoms with Crippen molar-refractivity contribution >= 4 is 21.7 Å². The van der Waals surface area contributed by atoms with Gasteiger partial charge in [-0.25, -0.2) is 0 Å². The summed E-state index contributed by atoms with van der Waals surface area (Å²) in [5, 5.41) is 4.42. The van der Waals surface area contributed by atoms with E-state index in [1.165, 1.54) is 5.56 Å². The molecule has 0 bridgehead atoms. The minimum atomic E-state index is 0.128. The van der Waals surface area contributed by atoms with Gasteiger partial charge in [-0.2, -0.15) is 5.10 Å². The zero-order chi connectivity index (χ0) is 14.9. The number of hydrogen-bond donors (Lipinski definition) is 0. The molecule has 106 valence electrons. The Morgan fingerprint density at radius 3 is 2.55 bits per heavy atom. The predicted octanol–water partition coefficient (Wildman–Crippen LogP) is 4.02. The molecule has 2 aromatic rings. The van der Waals surface area contributed by atoms with Crippen LogP contribution in [-0.2, 0) is 13.0 Å². The maximum atomic E-state index is 12.4. The number of rotatable bonds is 4. The molecule has 0 unspecified atom stereocenters. The largest absolute Gasteiger partial charge is 0.294 e. The Labute approximate surface area is 128 Å². The molecule has 0 N–H and O–H groups in total. The number of nitrogens with zero attached hydrogens (tertiary/aromatic N) is 2. The zero-order valence-corrected chi connectivity index (χ0v) is 13.9. The van der Waals surface area contributed by atoms with Gasteiger partial charge in [0.2, 0.25) is 0 Å². The monoisotopic (exact) mass is 334 g/mol. The molecule has 4 heteroatoms. The van der Waals surface area contributed by atoms with Crippen LogP contribution in [0.5, 0.6) is 0 Å². The van der Waals surface area contributed by atoms with Crippen molar-refractivity contribution in [3.05, 3.63) is 50.8 Å². The Bertz CT molecular complexity index is 659. The van der Waals surface area contributed by atoms with Crippen molar-refractivity contribution < 1.29 is 4.79 Å². The Morgan fingerprint density at radius 2 is 1.95 bits per heavy atom. The molecule has 0 saturated carbocycles. The van der Waals surface area contributed by atoms with Crippen molar-refractivity contribution in [1.29, 1.82) is 0 Å². The van der Waals surface area contributed by atoms with Crippen LogP contribution in [0.15, 0.2) is 22.7 Å². The standard InChI is InChI=1S/C16H19BrN2O/c1-5-19-14(16(17)12(4)18-19)9-15(20)13-7-6-10(2)11(3)8-13/h6-8H,5,9H2,1-4H3. The van der Waals surface area contributed by atoms with E-state index in [4.69, 9.17) is 0 Å². The lowest BCUT2D eigenvalue weighted by Gasteiger charge is -2.07. The summed E-state index contributed by atoms with van der Waals surface area (Å²) in [5.41, 5.74) is 5.00. The number of aryl methyl sites for hydroxylation is 4. The maximum Gasteiger partial charge on any atom is 0.168 e. The highest BCUT2D eigenvalue weighted by atomic mass is 79.9. The zero-order valence-electron chi connectivity index (χ0n) is 12.3. The fraction of sp³-hybridized carbons (Fsp3) is 0.375. The molecule has 0 saturated heterocycles. The second-order valence-corrected chi connectivity index (χ2v) is 5.85. The second kappa shape index (κ2) is 5.92. The number of hydrogen-bond acceptors (Lipinski definition) is 2. The van der Waals surface area contributed by atoms with Gasteiger partial charge in [0.15, 0.2) is 5.78 Å². The second-order valence-electron chi connectivity index (χ2n) is 5.06. The first-order valence-corrected chi connectivity index (χ1v) is 7.55. The highest BCUT2D eigenvalue weighted by Gasteiger charge is 2.16. The number of carbonyl (C=O) groups excluding carboxylic acids is 1. The predicted molar refractivity (Wildman–Crippen MR) is 84.3 cm³/mol. The van der Waals surface area contributed by atoms with E-state index in [-0.39, 0.29) is 5.78 Å². The van der Waals surface area contributed by atoms with Crippen LogP contribution in [-0.4, -0.2) is 15.6 Å². The van der Waals surface area contributed by atoms with Gasteiger partial charge in [-0.1, -0.05) is 12.1 Å². The van der Waals surface area contributed by atoms with E-state index in [1.807, 2.05) is 43.7 Å². The summed E-state index contributed by atoms with van der Waals surface area (Å²) in [6, 6.07) is 5.86. The van der Waals surface area contributed by atoms with Crippen LogP contribution >= 0.6 is 15.9 Å². The molecular formula is C16H19BrN2O. The van der Waals surface area contributed by atoms with Crippen LogP contribution in [0.3, 0.4) is 0 Å². The Morgan fingerprint density at radius 1 is 1.25 bits per heavy atom. The molecular weight excluding hydrogens is 316 g/mol. The number of carbonyl (C=O) groups is 1. The molecule has 3 nitrogen and oxygen atoms in total. The van der Waals surface area contributed by atoms with E-state index in [0.717, 1.165) is 33.5 Å². The SMILES string of the molecule is CCn1nc(C)c(Br)c1CC(=O)c1ccc(C)c(C)c1. The highest BCUT2D eigenvalue weighted by molar-refractivity contribution is 9.10. The average molecular weight is 335 g/mol. The molecule has 1 heterocycles. The number of Topliss-reactive ketones (excluding diaryl/α,β-unsaturated/α-hetero) is 1. The maximum absolute atomic E-state index is 12.4. The third kappa shape index (κ3) is 2.85. The van der Waals surface area contributed by atoms with Crippen molar-refractivity contribution in [1.82, 2.24) is 9.78 Å². The van der Waals surface area contributed by atoms with E-state index >= 15 is 0 Å². The molecule has 0 amide bonds. The third-order valence-corrected chi connectivity index (χ3v) is 4.64. The summed E-state index contributed by atoms with van der Waals surface area (Å²) in [6.45, 7) is 8.82.